The third-order valence-corrected chi connectivity index (χ3v) is 4.50. The molecule has 2 rings (SSSR count). The van der Waals surface area contributed by atoms with Crippen LogP contribution in [0.5, 0.6) is 0 Å². The molecule has 1 unspecified atom stereocenters. The Kier molecular flexibility index (Phi) is 6.15. The molecule has 1 atom stereocenters. The average Bonchev–Trinajstić information content (AvgIpc) is 2.54. The van der Waals surface area contributed by atoms with Gasteiger partial charge in [-0.3, -0.25) is 9.59 Å². The van der Waals surface area contributed by atoms with E-state index in [1.165, 1.54) is 24.3 Å². The second-order valence-corrected chi connectivity index (χ2v) is 6.70. The van der Waals surface area contributed by atoms with Crippen LogP contribution < -0.4 is 5.32 Å². The maximum atomic E-state index is 12.5. The standard InChI is InChI=1S/C16H19F3N2O2S/c1-2-20-14(22)12-4-3-9-21(10-12)15(23)11-5-7-13(8-6-11)24-16(17,18)19/h5-8,12H,2-4,9-10H2,1H3,(H,20,22). The number of alkyl halides is 3. The van der Waals surface area contributed by atoms with Crippen LogP contribution in [0.1, 0.15) is 30.1 Å². The topological polar surface area (TPSA) is 49.4 Å². The number of amides is 2. The first-order valence-electron chi connectivity index (χ1n) is 7.73. The van der Waals surface area contributed by atoms with E-state index in [0.29, 0.717) is 25.2 Å². The molecule has 0 spiro atoms. The largest absolute Gasteiger partial charge is 0.446 e. The number of hydrogen-bond acceptors (Lipinski definition) is 3. The molecule has 24 heavy (non-hydrogen) atoms. The van der Waals surface area contributed by atoms with Crippen molar-refractivity contribution in [2.75, 3.05) is 19.6 Å². The highest BCUT2D eigenvalue weighted by atomic mass is 32.2. The van der Waals surface area contributed by atoms with E-state index in [2.05, 4.69) is 5.32 Å². The lowest BCUT2D eigenvalue weighted by molar-refractivity contribution is -0.126. The number of rotatable bonds is 4. The maximum Gasteiger partial charge on any atom is 0.446 e. The molecule has 8 heteroatoms. The minimum atomic E-state index is -4.35. The number of nitrogens with one attached hydrogen (secondary N) is 1. The van der Waals surface area contributed by atoms with E-state index >= 15 is 0 Å². The summed E-state index contributed by atoms with van der Waals surface area (Å²) in [6.07, 6.45) is 1.46. The molecule has 0 radical (unpaired) electrons. The van der Waals surface area contributed by atoms with E-state index in [4.69, 9.17) is 0 Å². The monoisotopic (exact) mass is 360 g/mol. The van der Waals surface area contributed by atoms with Gasteiger partial charge in [-0.15, -0.1) is 0 Å². The molecular formula is C16H19F3N2O2S. The van der Waals surface area contributed by atoms with Crippen molar-refractivity contribution < 1.29 is 22.8 Å². The average molecular weight is 360 g/mol. The summed E-state index contributed by atoms with van der Waals surface area (Å²) in [7, 11) is 0. The maximum absolute atomic E-state index is 12.5. The van der Waals surface area contributed by atoms with Crippen LogP contribution in [0.15, 0.2) is 29.2 Å². The van der Waals surface area contributed by atoms with Crippen molar-refractivity contribution in [2.24, 2.45) is 5.92 Å². The molecular weight excluding hydrogens is 341 g/mol. The van der Waals surface area contributed by atoms with Gasteiger partial charge in [0.25, 0.3) is 5.91 Å². The Balaban J connectivity index is 2.01. The normalized spacial score (nSPS) is 18.3. The Morgan fingerprint density at radius 3 is 2.54 bits per heavy atom. The van der Waals surface area contributed by atoms with Crippen LogP contribution >= 0.6 is 11.8 Å². The zero-order valence-corrected chi connectivity index (χ0v) is 14.0. The minimum absolute atomic E-state index is 0.0397. The number of hydrogen-bond donors (Lipinski definition) is 1. The lowest BCUT2D eigenvalue weighted by Gasteiger charge is -2.32. The number of nitrogens with zero attached hydrogens (tertiary/aromatic N) is 1. The number of piperidine rings is 1. The summed E-state index contributed by atoms with van der Waals surface area (Å²) in [6, 6.07) is 5.37. The van der Waals surface area contributed by atoms with Crippen LogP contribution in [-0.2, 0) is 4.79 Å². The van der Waals surface area contributed by atoms with Gasteiger partial charge in [0.2, 0.25) is 5.91 Å². The van der Waals surface area contributed by atoms with Crippen molar-refractivity contribution >= 4 is 23.6 Å². The highest BCUT2D eigenvalue weighted by Crippen LogP contribution is 2.36. The first-order valence-corrected chi connectivity index (χ1v) is 8.54. The third-order valence-electron chi connectivity index (χ3n) is 3.77. The highest BCUT2D eigenvalue weighted by Gasteiger charge is 2.30. The third kappa shape index (κ3) is 5.15. The molecule has 1 N–H and O–H groups in total. The fraction of sp³-hybridized carbons (Fsp3) is 0.500. The highest BCUT2D eigenvalue weighted by molar-refractivity contribution is 8.00. The zero-order valence-electron chi connectivity index (χ0n) is 13.2. The molecule has 0 aliphatic carbocycles. The van der Waals surface area contributed by atoms with Crippen LogP contribution in [-0.4, -0.2) is 41.9 Å². The number of carbonyl (C=O) groups excluding carboxylic acids is 2. The number of halogens is 3. The van der Waals surface area contributed by atoms with Crippen LogP contribution in [0.4, 0.5) is 13.2 Å². The summed E-state index contributed by atoms with van der Waals surface area (Å²) in [5.74, 6) is -0.554. The Labute approximate surface area is 142 Å². The van der Waals surface area contributed by atoms with E-state index in [0.717, 1.165) is 12.8 Å². The van der Waals surface area contributed by atoms with E-state index in [1.807, 2.05) is 6.92 Å². The first kappa shape index (κ1) is 18.6. The molecule has 0 saturated carbocycles. The molecule has 1 aliphatic heterocycles. The molecule has 1 fully saturated rings. The van der Waals surface area contributed by atoms with Crippen molar-refractivity contribution in [3.05, 3.63) is 29.8 Å². The summed E-state index contributed by atoms with van der Waals surface area (Å²) in [5, 5.41) is 2.76. The molecule has 1 saturated heterocycles. The van der Waals surface area contributed by atoms with Gasteiger partial charge >= 0.3 is 5.51 Å². The molecule has 132 valence electrons. The van der Waals surface area contributed by atoms with Gasteiger partial charge in [0.05, 0.1) is 5.92 Å². The Bertz CT molecular complexity index is 590. The smallest absolute Gasteiger partial charge is 0.356 e. The lowest BCUT2D eigenvalue weighted by Crippen LogP contribution is -2.45. The Hall–Kier alpha value is -1.70. The molecule has 0 aromatic heterocycles. The van der Waals surface area contributed by atoms with Crippen molar-refractivity contribution in [1.82, 2.24) is 10.2 Å². The van der Waals surface area contributed by atoms with Crippen LogP contribution in [0.3, 0.4) is 0 Å². The second-order valence-electron chi connectivity index (χ2n) is 5.56. The quantitative estimate of drug-likeness (QED) is 0.839. The van der Waals surface area contributed by atoms with E-state index in [9.17, 15) is 22.8 Å². The van der Waals surface area contributed by atoms with Crippen molar-refractivity contribution in [3.63, 3.8) is 0 Å². The summed E-state index contributed by atoms with van der Waals surface area (Å²) < 4.78 is 37.0. The minimum Gasteiger partial charge on any atom is -0.356 e. The summed E-state index contributed by atoms with van der Waals surface area (Å²) in [4.78, 5) is 26.0. The van der Waals surface area contributed by atoms with Gasteiger partial charge in [-0.05, 0) is 55.8 Å². The van der Waals surface area contributed by atoms with Gasteiger partial charge in [0, 0.05) is 30.1 Å². The summed E-state index contributed by atoms with van der Waals surface area (Å²) in [6.45, 7) is 3.27. The van der Waals surface area contributed by atoms with Crippen molar-refractivity contribution in [2.45, 2.75) is 30.2 Å². The van der Waals surface area contributed by atoms with Crippen LogP contribution in [0.2, 0.25) is 0 Å². The number of carbonyl (C=O) groups is 2. The van der Waals surface area contributed by atoms with Gasteiger partial charge in [0.15, 0.2) is 0 Å². The fourth-order valence-corrected chi connectivity index (χ4v) is 3.22. The molecule has 1 heterocycles. The second kappa shape index (κ2) is 7.92. The van der Waals surface area contributed by atoms with Gasteiger partial charge in [-0.2, -0.15) is 13.2 Å². The molecule has 4 nitrogen and oxygen atoms in total. The molecule has 1 aliphatic rings. The zero-order chi connectivity index (χ0) is 17.7. The van der Waals surface area contributed by atoms with Crippen molar-refractivity contribution in [3.8, 4) is 0 Å². The van der Waals surface area contributed by atoms with Crippen molar-refractivity contribution in [1.29, 1.82) is 0 Å². The predicted octanol–water partition coefficient (Wildman–Crippen LogP) is 3.29. The van der Waals surface area contributed by atoms with Crippen LogP contribution in [0, 0.1) is 5.92 Å². The van der Waals surface area contributed by atoms with Gasteiger partial charge in [-0.25, -0.2) is 0 Å². The molecule has 2 amide bonds. The van der Waals surface area contributed by atoms with Gasteiger partial charge in [0.1, 0.15) is 0 Å². The molecule has 1 aromatic rings. The van der Waals surface area contributed by atoms with Crippen LogP contribution in [0.25, 0.3) is 0 Å². The summed E-state index contributed by atoms with van der Waals surface area (Å²) >= 11 is -0.211. The van der Waals surface area contributed by atoms with Gasteiger partial charge < -0.3 is 10.2 Å². The van der Waals surface area contributed by atoms with E-state index in [1.54, 1.807) is 4.90 Å². The fourth-order valence-electron chi connectivity index (χ4n) is 2.68. The lowest BCUT2D eigenvalue weighted by atomic mass is 9.96. The van der Waals surface area contributed by atoms with E-state index < -0.39 is 5.51 Å². The number of likely N-dealkylation sites (tertiary alicyclic amines) is 1. The number of benzene rings is 1. The Morgan fingerprint density at radius 1 is 1.29 bits per heavy atom. The summed E-state index contributed by atoms with van der Waals surface area (Å²) in [5.41, 5.74) is -4.02. The Morgan fingerprint density at radius 2 is 1.96 bits per heavy atom. The van der Waals surface area contributed by atoms with Gasteiger partial charge in [-0.1, -0.05) is 0 Å². The SMILES string of the molecule is CCNC(=O)C1CCCN(C(=O)c2ccc(SC(F)(F)F)cc2)C1. The molecule has 0 bridgehead atoms. The molecule has 1 aromatic carbocycles. The first-order chi connectivity index (χ1) is 11.3. The number of thioether (sulfide) groups is 1. The predicted molar refractivity (Wildman–Crippen MR) is 85.7 cm³/mol. The van der Waals surface area contributed by atoms with E-state index in [-0.39, 0.29) is 34.4 Å².